The molecule has 0 aliphatic carbocycles. The number of nitrogens with zero attached hydrogens (tertiary/aromatic N) is 3. The summed E-state index contributed by atoms with van der Waals surface area (Å²) < 4.78 is 1.04. The molecule has 0 bridgehead atoms. The fourth-order valence-electron chi connectivity index (χ4n) is 1.92. The van der Waals surface area contributed by atoms with Gasteiger partial charge in [0.1, 0.15) is 5.69 Å². The Kier molecular flexibility index (Phi) is 4.57. The topological polar surface area (TPSA) is 74.7 Å². The van der Waals surface area contributed by atoms with Gasteiger partial charge in [-0.15, -0.1) is 0 Å². The summed E-state index contributed by atoms with van der Waals surface area (Å²) in [4.78, 5) is 6.17. The number of pyridine rings is 1. The summed E-state index contributed by atoms with van der Waals surface area (Å²) in [6, 6.07) is 11.7. The van der Waals surface area contributed by atoms with Crippen LogP contribution in [-0.4, -0.2) is 23.1 Å². The zero-order valence-corrected chi connectivity index (χ0v) is 12.6. The number of aromatic nitrogens is 1. The molecule has 0 aliphatic heterocycles. The van der Waals surface area contributed by atoms with Crippen molar-refractivity contribution < 1.29 is 5.21 Å². The van der Waals surface area contributed by atoms with E-state index in [1.807, 2.05) is 48.3 Å². The van der Waals surface area contributed by atoms with Crippen LogP contribution >= 0.6 is 15.9 Å². The van der Waals surface area contributed by atoms with E-state index in [-0.39, 0.29) is 5.84 Å². The standard InChI is InChI=1S/C14H15BrN4O/c1-19(9-10-5-2-3-6-11(10)15)12-7-4-8-17-13(12)14(16)18-20/h2-8,20H,9H2,1H3,(H2,16,18). The fraction of sp³-hybridized carbons (Fsp3) is 0.143. The van der Waals surface area contributed by atoms with Gasteiger partial charge in [0.15, 0.2) is 5.84 Å². The summed E-state index contributed by atoms with van der Waals surface area (Å²) in [5.74, 6) is -0.000391. The van der Waals surface area contributed by atoms with Crippen LogP contribution in [0.3, 0.4) is 0 Å². The molecule has 0 radical (unpaired) electrons. The molecule has 2 aromatic rings. The molecule has 0 atom stereocenters. The van der Waals surface area contributed by atoms with E-state index in [0.717, 1.165) is 15.7 Å². The van der Waals surface area contributed by atoms with Gasteiger partial charge in [-0.3, -0.25) is 4.98 Å². The second kappa shape index (κ2) is 6.38. The van der Waals surface area contributed by atoms with Gasteiger partial charge in [0.05, 0.1) is 5.69 Å². The first-order valence-corrected chi connectivity index (χ1v) is 6.80. The maximum Gasteiger partial charge on any atom is 0.190 e. The van der Waals surface area contributed by atoms with Crippen molar-refractivity contribution >= 4 is 27.5 Å². The Labute approximate surface area is 125 Å². The van der Waals surface area contributed by atoms with Crippen molar-refractivity contribution in [3.05, 3.63) is 58.3 Å². The van der Waals surface area contributed by atoms with Gasteiger partial charge in [-0.2, -0.15) is 0 Å². The minimum absolute atomic E-state index is 0.000391. The maximum atomic E-state index is 8.83. The summed E-state index contributed by atoms with van der Waals surface area (Å²) in [6.07, 6.45) is 1.61. The van der Waals surface area contributed by atoms with Gasteiger partial charge in [0.25, 0.3) is 0 Å². The van der Waals surface area contributed by atoms with Gasteiger partial charge in [0.2, 0.25) is 0 Å². The molecular formula is C14H15BrN4O. The normalized spacial score (nSPS) is 11.4. The van der Waals surface area contributed by atoms with Crippen LogP contribution in [0.1, 0.15) is 11.3 Å². The van der Waals surface area contributed by atoms with E-state index in [4.69, 9.17) is 10.9 Å². The minimum atomic E-state index is -0.000391. The molecule has 20 heavy (non-hydrogen) atoms. The molecule has 5 nitrogen and oxygen atoms in total. The number of hydrogen-bond acceptors (Lipinski definition) is 4. The quantitative estimate of drug-likeness (QED) is 0.390. The van der Waals surface area contributed by atoms with Gasteiger partial charge in [-0.1, -0.05) is 39.3 Å². The summed E-state index contributed by atoms with van der Waals surface area (Å²) in [5.41, 5.74) is 8.07. The number of amidine groups is 1. The van der Waals surface area contributed by atoms with Crippen molar-refractivity contribution in [3.63, 3.8) is 0 Å². The smallest absolute Gasteiger partial charge is 0.190 e. The van der Waals surface area contributed by atoms with E-state index in [0.29, 0.717) is 12.2 Å². The molecule has 1 aromatic heterocycles. The van der Waals surface area contributed by atoms with Crippen LogP contribution in [0, 0.1) is 0 Å². The highest BCUT2D eigenvalue weighted by atomic mass is 79.9. The van der Waals surface area contributed by atoms with E-state index in [1.54, 1.807) is 6.20 Å². The highest BCUT2D eigenvalue weighted by Crippen LogP contribution is 2.22. The minimum Gasteiger partial charge on any atom is -0.409 e. The lowest BCUT2D eigenvalue weighted by molar-refractivity contribution is 0.318. The van der Waals surface area contributed by atoms with Gasteiger partial charge in [-0.25, -0.2) is 0 Å². The van der Waals surface area contributed by atoms with E-state index < -0.39 is 0 Å². The average Bonchev–Trinajstić information content (AvgIpc) is 2.48. The van der Waals surface area contributed by atoms with Crippen LogP contribution in [0.25, 0.3) is 0 Å². The second-order valence-electron chi connectivity index (χ2n) is 4.30. The molecule has 0 saturated heterocycles. The molecule has 0 aliphatic rings. The molecule has 104 valence electrons. The zero-order chi connectivity index (χ0) is 14.5. The van der Waals surface area contributed by atoms with Crippen molar-refractivity contribution in [1.82, 2.24) is 4.98 Å². The summed E-state index contributed by atoms with van der Waals surface area (Å²) in [6.45, 7) is 0.679. The number of rotatable bonds is 4. The lowest BCUT2D eigenvalue weighted by atomic mass is 10.2. The lowest BCUT2D eigenvalue weighted by Gasteiger charge is -2.22. The van der Waals surface area contributed by atoms with Crippen molar-refractivity contribution in [3.8, 4) is 0 Å². The predicted octanol–water partition coefficient (Wildman–Crippen LogP) is 2.58. The van der Waals surface area contributed by atoms with Crippen molar-refractivity contribution in [2.75, 3.05) is 11.9 Å². The highest BCUT2D eigenvalue weighted by molar-refractivity contribution is 9.10. The Morgan fingerprint density at radius 1 is 1.35 bits per heavy atom. The van der Waals surface area contributed by atoms with Crippen molar-refractivity contribution in [1.29, 1.82) is 0 Å². The third-order valence-corrected chi connectivity index (χ3v) is 3.69. The SMILES string of the molecule is CN(Cc1ccccc1Br)c1cccnc1/C(N)=N/O. The van der Waals surface area contributed by atoms with Crippen molar-refractivity contribution in [2.24, 2.45) is 10.9 Å². The molecule has 0 saturated carbocycles. The molecule has 0 amide bonds. The number of anilines is 1. The molecule has 6 heteroatoms. The van der Waals surface area contributed by atoms with Gasteiger partial charge >= 0.3 is 0 Å². The predicted molar refractivity (Wildman–Crippen MR) is 83.0 cm³/mol. The Hall–Kier alpha value is -2.08. The number of halogens is 1. The molecular weight excluding hydrogens is 320 g/mol. The number of oxime groups is 1. The zero-order valence-electron chi connectivity index (χ0n) is 11.0. The second-order valence-corrected chi connectivity index (χ2v) is 5.16. The molecule has 1 heterocycles. The first-order valence-electron chi connectivity index (χ1n) is 6.01. The lowest BCUT2D eigenvalue weighted by Crippen LogP contribution is -2.23. The van der Waals surface area contributed by atoms with Crippen LogP contribution in [0.4, 0.5) is 5.69 Å². The first-order chi connectivity index (χ1) is 9.63. The summed E-state index contributed by atoms with van der Waals surface area (Å²) in [5, 5.41) is 11.8. The highest BCUT2D eigenvalue weighted by Gasteiger charge is 2.13. The summed E-state index contributed by atoms with van der Waals surface area (Å²) in [7, 11) is 1.94. The molecule has 3 N–H and O–H groups in total. The van der Waals surface area contributed by atoms with E-state index in [9.17, 15) is 0 Å². The van der Waals surface area contributed by atoms with E-state index in [2.05, 4.69) is 26.1 Å². The van der Waals surface area contributed by atoms with Gasteiger partial charge in [-0.05, 0) is 23.8 Å². The third-order valence-electron chi connectivity index (χ3n) is 2.91. The Morgan fingerprint density at radius 2 is 2.10 bits per heavy atom. The van der Waals surface area contributed by atoms with Gasteiger partial charge < -0.3 is 15.8 Å². The van der Waals surface area contributed by atoms with Gasteiger partial charge in [0, 0.05) is 24.3 Å². The van der Waals surface area contributed by atoms with Crippen LogP contribution < -0.4 is 10.6 Å². The molecule has 0 spiro atoms. The van der Waals surface area contributed by atoms with E-state index >= 15 is 0 Å². The largest absolute Gasteiger partial charge is 0.409 e. The number of benzene rings is 1. The molecule has 0 fully saturated rings. The maximum absolute atomic E-state index is 8.83. The monoisotopic (exact) mass is 334 g/mol. The van der Waals surface area contributed by atoms with Crippen LogP contribution in [-0.2, 0) is 6.54 Å². The Morgan fingerprint density at radius 3 is 2.80 bits per heavy atom. The van der Waals surface area contributed by atoms with E-state index in [1.165, 1.54) is 0 Å². The number of hydrogen-bond donors (Lipinski definition) is 2. The Balaban J connectivity index is 2.30. The molecule has 0 unspecified atom stereocenters. The number of nitrogens with two attached hydrogens (primary N) is 1. The molecule has 1 aromatic carbocycles. The summed E-state index contributed by atoms with van der Waals surface area (Å²) >= 11 is 3.53. The fourth-order valence-corrected chi connectivity index (χ4v) is 2.33. The Bertz CT molecular complexity index is 630. The first kappa shape index (κ1) is 14.3. The van der Waals surface area contributed by atoms with Crippen LogP contribution in [0.15, 0.2) is 52.2 Å². The average molecular weight is 335 g/mol. The van der Waals surface area contributed by atoms with Crippen LogP contribution in [0.5, 0.6) is 0 Å². The van der Waals surface area contributed by atoms with Crippen molar-refractivity contribution in [2.45, 2.75) is 6.54 Å². The van der Waals surface area contributed by atoms with Crippen LogP contribution in [0.2, 0.25) is 0 Å². The third kappa shape index (κ3) is 3.08. The molecule has 2 rings (SSSR count).